The molecule has 0 bridgehead atoms. The van der Waals surface area contributed by atoms with Gasteiger partial charge in [0.2, 0.25) is 5.95 Å². The van der Waals surface area contributed by atoms with Crippen molar-refractivity contribution in [3.8, 4) is 0 Å². The third-order valence-electron chi connectivity index (χ3n) is 3.16. The van der Waals surface area contributed by atoms with Gasteiger partial charge in [0, 0.05) is 17.6 Å². The van der Waals surface area contributed by atoms with E-state index >= 15 is 0 Å². The highest BCUT2D eigenvalue weighted by Gasteiger charge is 2.15. The lowest BCUT2D eigenvalue weighted by atomic mass is 10.2. The molecule has 0 unspecified atom stereocenters. The van der Waals surface area contributed by atoms with Crippen molar-refractivity contribution in [1.29, 1.82) is 0 Å². The Labute approximate surface area is 125 Å². The van der Waals surface area contributed by atoms with Crippen LogP contribution in [0.25, 0.3) is 10.2 Å². The summed E-state index contributed by atoms with van der Waals surface area (Å²) in [5, 5.41) is 0.948. The lowest BCUT2D eigenvalue weighted by Crippen LogP contribution is -2.15. The van der Waals surface area contributed by atoms with E-state index in [-0.39, 0.29) is 5.82 Å². The monoisotopic (exact) mass is 303 g/mol. The second kappa shape index (κ2) is 5.27. The Morgan fingerprint density at radius 2 is 1.95 bits per heavy atom. The Bertz CT molecular complexity index is 784. The van der Waals surface area contributed by atoms with E-state index in [1.165, 1.54) is 12.1 Å². The number of thiophene rings is 1. The number of rotatable bonds is 3. The number of halogens is 1. The van der Waals surface area contributed by atoms with Crippen LogP contribution in [0.15, 0.2) is 30.3 Å². The number of hydrazine groups is 1. The van der Waals surface area contributed by atoms with Gasteiger partial charge in [-0.3, -0.25) is 5.43 Å². The normalized spacial score (nSPS) is 10.9. The maximum Gasteiger partial charge on any atom is 0.240 e. The summed E-state index contributed by atoms with van der Waals surface area (Å²) in [5.41, 5.74) is 3.32. The number of aryl methyl sites for hydroxylation is 1. The molecule has 0 aliphatic rings. The third-order valence-corrected chi connectivity index (χ3v) is 4.10. The van der Waals surface area contributed by atoms with E-state index in [0.29, 0.717) is 5.95 Å². The van der Waals surface area contributed by atoms with Crippen LogP contribution >= 0.6 is 11.3 Å². The number of hydrogen-bond donors (Lipinski definition) is 2. The fourth-order valence-electron chi connectivity index (χ4n) is 2.13. The number of anilines is 3. The Hall–Kier alpha value is -2.25. The number of nitrogens with two attached hydrogens (primary N) is 1. The molecule has 0 amide bonds. The van der Waals surface area contributed by atoms with Crippen molar-refractivity contribution < 1.29 is 4.39 Å². The molecule has 3 N–H and O–H groups in total. The van der Waals surface area contributed by atoms with E-state index < -0.39 is 0 Å². The van der Waals surface area contributed by atoms with Gasteiger partial charge in [0.25, 0.3) is 0 Å². The van der Waals surface area contributed by atoms with Crippen molar-refractivity contribution in [2.75, 3.05) is 17.4 Å². The molecular formula is C14H14FN5S. The molecule has 0 saturated heterocycles. The van der Waals surface area contributed by atoms with Gasteiger partial charge >= 0.3 is 0 Å². The van der Waals surface area contributed by atoms with Crippen molar-refractivity contribution in [2.24, 2.45) is 5.84 Å². The van der Waals surface area contributed by atoms with Crippen LogP contribution in [0.2, 0.25) is 0 Å². The molecule has 0 aliphatic heterocycles. The van der Waals surface area contributed by atoms with Crippen LogP contribution in [0.1, 0.15) is 4.88 Å². The van der Waals surface area contributed by atoms with Gasteiger partial charge in [-0.05, 0) is 37.3 Å². The van der Waals surface area contributed by atoms with Gasteiger partial charge in [-0.2, -0.15) is 4.98 Å². The van der Waals surface area contributed by atoms with Crippen LogP contribution in [0, 0.1) is 12.7 Å². The molecule has 7 heteroatoms. The van der Waals surface area contributed by atoms with E-state index in [9.17, 15) is 4.39 Å². The van der Waals surface area contributed by atoms with E-state index in [1.807, 2.05) is 24.9 Å². The first-order valence-corrected chi connectivity index (χ1v) is 7.14. The fourth-order valence-corrected chi connectivity index (χ4v) is 3.01. The second-order valence-corrected chi connectivity index (χ2v) is 5.86. The van der Waals surface area contributed by atoms with Gasteiger partial charge in [0.1, 0.15) is 16.5 Å². The maximum atomic E-state index is 13.1. The SMILES string of the molecule is Cc1cc2c(N(C)c3ccc(F)cc3)nc(NN)nc2s1. The molecule has 0 atom stereocenters. The highest BCUT2D eigenvalue weighted by molar-refractivity contribution is 7.18. The summed E-state index contributed by atoms with van der Waals surface area (Å²) in [6.45, 7) is 2.02. The number of nitrogens with zero attached hydrogens (tertiary/aromatic N) is 3. The number of fused-ring (bicyclic) bond motifs is 1. The van der Waals surface area contributed by atoms with E-state index in [4.69, 9.17) is 5.84 Å². The summed E-state index contributed by atoms with van der Waals surface area (Å²) < 4.78 is 13.1. The summed E-state index contributed by atoms with van der Waals surface area (Å²) in [5.74, 6) is 6.25. The first kappa shape index (κ1) is 13.7. The van der Waals surface area contributed by atoms with Crippen molar-refractivity contribution in [3.63, 3.8) is 0 Å². The predicted molar refractivity (Wildman–Crippen MR) is 84.4 cm³/mol. The van der Waals surface area contributed by atoms with Crippen molar-refractivity contribution in [2.45, 2.75) is 6.92 Å². The number of nitrogens with one attached hydrogen (secondary N) is 1. The molecule has 1 aromatic carbocycles. The minimum atomic E-state index is -0.268. The van der Waals surface area contributed by atoms with Crippen LogP contribution in [-0.2, 0) is 0 Å². The molecule has 0 aliphatic carbocycles. The minimum Gasteiger partial charge on any atom is -0.329 e. The summed E-state index contributed by atoms with van der Waals surface area (Å²) in [6, 6.07) is 8.29. The van der Waals surface area contributed by atoms with Crippen LogP contribution in [0.5, 0.6) is 0 Å². The molecule has 5 nitrogen and oxygen atoms in total. The molecule has 0 radical (unpaired) electrons. The molecule has 2 heterocycles. The molecule has 3 rings (SSSR count). The van der Waals surface area contributed by atoms with Crippen molar-refractivity contribution in [3.05, 3.63) is 41.0 Å². The standard InChI is InChI=1S/C14H14FN5S/c1-8-7-11-12(17-14(19-16)18-13(11)21-8)20(2)10-5-3-9(15)4-6-10/h3-7H,16H2,1-2H3,(H,17,18,19). The van der Waals surface area contributed by atoms with Gasteiger partial charge in [-0.15, -0.1) is 11.3 Å². The highest BCUT2D eigenvalue weighted by atomic mass is 32.1. The lowest BCUT2D eigenvalue weighted by molar-refractivity contribution is 0.628. The number of benzene rings is 1. The van der Waals surface area contributed by atoms with Gasteiger partial charge in [0.05, 0.1) is 5.39 Å². The Morgan fingerprint density at radius 1 is 1.24 bits per heavy atom. The highest BCUT2D eigenvalue weighted by Crippen LogP contribution is 2.34. The van der Waals surface area contributed by atoms with Crippen LogP contribution in [0.4, 0.5) is 21.8 Å². The lowest BCUT2D eigenvalue weighted by Gasteiger charge is -2.19. The maximum absolute atomic E-state index is 13.1. The number of nitrogen functional groups attached to an aromatic ring is 1. The Morgan fingerprint density at radius 3 is 2.62 bits per heavy atom. The van der Waals surface area contributed by atoms with Gasteiger partial charge in [-0.25, -0.2) is 15.2 Å². The zero-order valence-electron chi connectivity index (χ0n) is 11.6. The van der Waals surface area contributed by atoms with E-state index in [1.54, 1.807) is 23.5 Å². The first-order valence-electron chi connectivity index (χ1n) is 6.32. The fraction of sp³-hybridized carbons (Fsp3) is 0.143. The molecule has 2 aromatic heterocycles. The first-order chi connectivity index (χ1) is 10.1. The van der Waals surface area contributed by atoms with Gasteiger partial charge in [0.15, 0.2) is 0 Å². The summed E-state index contributed by atoms with van der Waals surface area (Å²) in [4.78, 5) is 12.7. The summed E-state index contributed by atoms with van der Waals surface area (Å²) in [7, 11) is 1.88. The molecular weight excluding hydrogens is 289 g/mol. The Balaban J connectivity index is 2.15. The smallest absolute Gasteiger partial charge is 0.240 e. The van der Waals surface area contributed by atoms with Gasteiger partial charge in [-0.1, -0.05) is 0 Å². The van der Waals surface area contributed by atoms with Crippen LogP contribution in [-0.4, -0.2) is 17.0 Å². The quantitative estimate of drug-likeness (QED) is 0.574. The zero-order chi connectivity index (χ0) is 15.0. The van der Waals surface area contributed by atoms with E-state index in [2.05, 4.69) is 15.4 Å². The average Bonchev–Trinajstić information content (AvgIpc) is 2.86. The van der Waals surface area contributed by atoms with Crippen LogP contribution in [0.3, 0.4) is 0 Å². The molecule has 0 saturated carbocycles. The zero-order valence-corrected chi connectivity index (χ0v) is 12.4. The van der Waals surface area contributed by atoms with E-state index in [0.717, 1.165) is 26.6 Å². The number of aromatic nitrogens is 2. The predicted octanol–water partition coefficient (Wildman–Crippen LogP) is 3.19. The second-order valence-electron chi connectivity index (χ2n) is 4.63. The third kappa shape index (κ3) is 2.53. The Kier molecular flexibility index (Phi) is 3.44. The van der Waals surface area contributed by atoms with Crippen molar-refractivity contribution in [1.82, 2.24) is 9.97 Å². The molecule has 108 valence electrons. The minimum absolute atomic E-state index is 0.268. The molecule has 3 aromatic rings. The van der Waals surface area contributed by atoms with Gasteiger partial charge < -0.3 is 4.90 Å². The summed E-state index contributed by atoms with van der Waals surface area (Å²) in [6.07, 6.45) is 0. The molecule has 0 spiro atoms. The topological polar surface area (TPSA) is 67.1 Å². The average molecular weight is 303 g/mol. The molecule has 0 fully saturated rings. The largest absolute Gasteiger partial charge is 0.329 e. The van der Waals surface area contributed by atoms with Crippen LogP contribution < -0.4 is 16.2 Å². The molecule has 21 heavy (non-hydrogen) atoms. The number of hydrogen-bond acceptors (Lipinski definition) is 6. The van der Waals surface area contributed by atoms with Crippen molar-refractivity contribution >= 4 is 39.0 Å². The summed E-state index contributed by atoms with van der Waals surface area (Å²) >= 11 is 1.58.